The predicted molar refractivity (Wildman–Crippen MR) is 160 cm³/mol. The van der Waals surface area contributed by atoms with Gasteiger partial charge in [-0.25, -0.2) is 0 Å². The zero-order valence-electron chi connectivity index (χ0n) is 24.5. The molecule has 1 aromatic rings. The molecule has 0 N–H and O–H groups in total. The van der Waals surface area contributed by atoms with E-state index < -0.39 is 5.41 Å². The van der Waals surface area contributed by atoms with Crippen LogP contribution in [0.3, 0.4) is 0 Å². The minimum atomic E-state index is -0.667. The minimum absolute atomic E-state index is 0.123. The number of ether oxygens (including phenoxy) is 1. The number of ketones is 1. The molecular weight excluding hydrogens is 496 g/mol. The van der Waals surface area contributed by atoms with E-state index in [-0.39, 0.29) is 29.8 Å². The Labute approximate surface area is 239 Å². The maximum atomic E-state index is 13.8. The summed E-state index contributed by atoms with van der Waals surface area (Å²) in [6, 6.07) is 9.17. The van der Waals surface area contributed by atoms with Crippen LogP contribution in [0, 0.1) is 39.4 Å². The van der Waals surface area contributed by atoms with Gasteiger partial charge >= 0.3 is 0 Å². The SMILES string of the molecule is CC#C[C@]1(C(=O)COC)CC[C@H]2[C@@H]3CCC4=CC(N=O)CCC4=C3C(c3ccc(N4CCCCC4)cc3)C[C@@]21C. The Morgan fingerprint density at radius 1 is 1.10 bits per heavy atom. The molecule has 0 radical (unpaired) electrons. The second-order valence-electron chi connectivity index (χ2n) is 13.1. The third kappa shape index (κ3) is 4.30. The van der Waals surface area contributed by atoms with Crippen molar-refractivity contribution in [2.45, 2.75) is 90.0 Å². The smallest absolute Gasteiger partial charge is 0.176 e. The van der Waals surface area contributed by atoms with Crippen molar-refractivity contribution in [3.8, 4) is 11.8 Å². The molecule has 4 aliphatic carbocycles. The maximum Gasteiger partial charge on any atom is 0.176 e. The molecule has 2 unspecified atom stereocenters. The highest BCUT2D eigenvalue weighted by Crippen LogP contribution is 2.69. The van der Waals surface area contributed by atoms with Crippen LogP contribution in [0.4, 0.5) is 5.69 Å². The lowest BCUT2D eigenvalue weighted by atomic mass is 9.48. The number of rotatable bonds is 6. The quantitative estimate of drug-likeness (QED) is 0.279. The molecule has 1 saturated heterocycles. The lowest BCUT2D eigenvalue weighted by Gasteiger charge is -2.54. The first kappa shape index (κ1) is 27.5. The lowest BCUT2D eigenvalue weighted by molar-refractivity contribution is -0.136. The number of benzene rings is 1. The Balaban J connectivity index is 1.46. The molecule has 3 fully saturated rings. The topological polar surface area (TPSA) is 59.0 Å². The summed E-state index contributed by atoms with van der Waals surface area (Å²) in [5.41, 5.74) is 6.23. The molecule has 0 aromatic heterocycles. The minimum Gasteiger partial charge on any atom is -0.377 e. The number of carbonyl (C=O) groups excluding carboxylic acids is 1. The molecule has 40 heavy (non-hydrogen) atoms. The number of anilines is 1. The van der Waals surface area contributed by atoms with Gasteiger partial charge in [0, 0.05) is 31.8 Å². The zero-order valence-corrected chi connectivity index (χ0v) is 24.5. The Bertz CT molecular complexity index is 1280. The summed E-state index contributed by atoms with van der Waals surface area (Å²) >= 11 is 0. The first-order valence-corrected chi connectivity index (χ1v) is 15.5. The maximum absolute atomic E-state index is 13.8. The summed E-state index contributed by atoms with van der Waals surface area (Å²) < 4.78 is 5.42. The number of piperidine rings is 1. The molecule has 6 rings (SSSR count). The van der Waals surface area contributed by atoms with Gasteiger partial charge in [-0.3, -0.25) is 4.79 Å². The van der Waals surface area contributed by atoms with Crippen LogP contribution in [0.25, 0.3) is 0 Å². The molecule has 2 saturated carbocycles. The second-order valence-corrected chi connectivity index (χ2v) is 13.1. The van der Waals surface area contributed by atoms with Crippen LogP contribution in [0.5, 0.6) is 0 Å². The van der Waals surface area contributed by atoms with E-state index in [0.717, 1.165) is 58.0 Å². The predicted octanol–water partition coefficient (Wildman–Crippen LogP) is 7.37. The summed E-state index contributed by atoms with van der Waals surface area (Å²) in [5.74, 6) is 7.95. The van der Waals surface area contributed by atoms with Crippen LogP contribution in [0.15, 0.2) is 52.2 Å². The van der Waals surface area contributed by atoms with Gasteiger partial charge in [0.25, 0.3) is 0 Å². The van der Waals surface area contributed by atoms with Crippen LogP contribution >= 0.6 is 0 Å². The van der Waals surface area contributed by atoms with Crippen molar-refractivity contribution < 1.29 is 9.53 Å². The Hall–Kier alpha value is -2.71. The number of hydrogen-bond acceptors (Lipinski definition) is 5. The highest BCUT2D eigenvalue weighted by molar-refractivity contribution is 5.90. The molecule has 5 aliphatic rings. The molecule has 0 bridgehead atoms. The van der Waals surface area contributed by atoms with Crippen LogP contribution in [-0.2, 0) is 9.53 Å². The molecular formula is C35H44N2O3. The summed E-state index contributed by atoms with van der Waals surface area (Å²) in [4.78, 5) is 27.8. The molecule has 5 nitrogen and oxygen atoms in total. The van der Waals surface area contributed by atoms with E-state index in [9.17, 15) is 9.70 Å². The van der Waals surface area contributed by atoms with Crippen molar-refractivity contribution in [2.75, 3.05) is 31.7 Å². The zero-order chi connectivity index (χ0) is 27.9. The number of Topliss-reactive ketones (excluding diaryl/α,β-unsaturated/α-hetero) is 1. The number of nitrogens with zero attached hydrogens (tertiary/aromatic N) is 2. The van der Waals surface area contributed by atoms with Crippen LogP contribution in [-0.4, -0.2) is 38.6 Å². The molecule has 1 heterocycles. The van der Waals surface area contributed by atoms with Crippen molar-refractivity contribution in [3.05, 3.63) is 57.5 Å². The fourth-order valence-corrected chi connectivity index (χ4v) is 9.46. The van der Waals surface area contributed by atoms with E-state index in [4.69, 9.17) is 4.74 Å². The average Bonchev–Trinajstić information content (AvgIpc) is 3.29. The van der Waals surface area contributed by atoms with Gasteiger partial charge in [-0.15, -0.1) is 5.92 Å². The number of methoxy groups -OCH3 is 1. The molecule has 212 valence electrons. The fraction of sp³-hybridized carbons (Fsp3) is 0.629. The van der Waals surface area contributed by atoms with Crippen LogP contribution in [0.1, 0.15) is 89.5 Å². The Morgan fingerprint density at radius 3 is 2.58 bits per heavy atom. The fourth-order valence-electron chi connectivity index (χ4n) is 9.46. The van der Waals surface area contributed by atoms with Crippen LogP contribution in [0.2, 0.25) is 0 Å². The van der Waals surface area contributed by atoms with Gasteiger partial charge in [-0.1, -0.05) is 41.8 Å². The van der Waals surface area contributed by atoms with Crippen LogP contribution < -0.4 is 4.90 Å². The van der Waals surface area contributed by atoms with Gasteiger partial charge in [0.05, 0.1) is 5.41 Å². The number of allylic oxidation sites excluding steroid dienone is 3. The molecule has 5 heteroatoms. The number of hydrogen-bond donors (Lipinski definition) is 0. The standard InChI is InChI=1S/C35H44N2O3/c1-4-17-35(32(38)23-40-3)18-16-31-29-14-10-25-21-26(36-39)11-15-28(25)33(29)30(22-34(31,35)2)24-8-12-27(13-9-24)37-19-6-5-7-20-37/h8-9,12-13,21,26,29-31H,5-7,10-11,14-16,18-20,22-23H2,1-3H3/t26?,29-,30?,31-,34-,35+/m0/s1. The largest absolute Gasteiger partial charge is 0.377 e. The molecule has 0 amide bonds. The summed E-state index contributed by atoms with van der Waals surface area (Å²) in [7, 11) is 1.62. The summed E-state index contributed by atoms with van der Waals surface area (Å²) in [5, 5.41) is 3.40. The normalized spacial score (nSPS) is 35.1. The molecule has 0 spiro atoms. The van der Waals surface area contributed by atoms with Gasteiger partial charge in [-0.2, -0.15) is 4.91 Å². The first-order chi connectivity index (χ1) is 19.5. The lowest BCUT2D eigenvalue weighted by Crippen LogP contribution is -2.51. The number of nitroso groups, excluding NO2 is 1. The van der Waals surface area contributed by atoms with Crippen molar-refractivity contribution in [1.29, 1.82) is 0 Å². The van der Waals surface area contributed by atoms with E-state index in [1.807, 2.05) is 6.92 Å². The van der Waals surface area contributed by atoms with Gasteiger partial charge in [0.2, 0.25) is 0 Å². The monoisotopic (exact) mass is 540 g/mol. The molecule has 6 atom stereocenters. The van der Waals surface area contributed by atoms with E-state index in [2.05, 4.69) is 59.2 Å². The van der Waals surface area contributed by atoms with Crippen molar-refractivity contribution in [1.82, 2.24) is 0 Å². The number of fused-ring (bicyclic) bond motifs is 4. The Morgan fingerprint density at radius 2 is 1.88 bits per heavy atom. The van der Waals surface area contributed by atoms with E-state index >= 15 is 0 Å². The van der Waals surface area contributed by atoms with Crippen molar-refractivity contribution >= 4 is 11.5 Å². The van der Waals surface area contributed by atoms with E-state index in [0.29, 0.717) is 11.8 Å². The van der Waals surface area contributed by atoms with E-state index in [1.54, 1.807) is 12.7 Å². The highest BCUT2D eigenvalue weighted by atomic mass is 16.5. The van der Waals surface area contributed by atoms with E-state index in [1.165, 1.54) is 41.7 Å². The van der Waals surface area contributed by atoms with Gasteiger partial charge in [-0.05, 0) is 117 Å². The second kappa shape index (κ2) is 10.9. The average molecular weight is 541 g/mol. The van der Waals surface area contributed by atoms with Gasteiger partial charge in [0.1, 0.15) is 12.6 Å². The highest BCUT2D eigenvalue weighted by Gasteiger charge is 2.65. The van der Waals surface area contributed by atoms with Crippen molar-refractivity contribution in [2.24, 2.45) is 27.8 Å². The van der Waals surface area contributed by atoms with Gasteiger partial charge in [0.15, 0.2) is 5.78 Å². The summed E-state index contributed by atoms with van der Waals surface area (Å²) in [6.45, 7) is 6.65. The Kier molecular flexibility index (Phi) is 7.51. The number of carbonyl (C=O) groups is 1. The third-order valence-corrected chi connectivity index (χ3v) is 11.3. The summed E-state index contributed by atoms with van der Waals surface area (Å²) in [6.07, 6.45) is 12.6. The molecule has 1 aliphatic heterocycles. The van der Waals surface area contributed by atoms with Gasteiger partial charge < -0.3 is 9.64 Å². The van der Waals surface area contributed by atoms with Crippen molar-refractivity contribution in [3.63, 3.8) is 0 Å². The third-order valence-electron chi connectivity index (χ3n) is 11.3. The first-order valence-electron chi connectivity index (χ1n) is 15.5. The molecule has 1 aromatic carbocycles.